The maximum atomic E-state index is 12.5. The van der Waals surface area contributed by atoms with Crippen molar-refractivity contribution in [3.05, 3.63) is 24.3 Å². The number of hydrogen-bond acceptors (Lipinski definition) is 4. The summed E-state index contributed by atoms with van der Waals surface area (Å²) in [6.07, 6.45) is 7.59. The molecule has 3 fully saturated rings. The first-order chi connectivity index (χ1) is 13.6. The number of hydrogen-bond donors (Lipinski definition) is 3. The van der Waals surface area contributed by atoms with E-state index >= 15 is 0 Å². The molecule has 3 saturated heterocycles. The van der Waals surface area contributed by atoms with E-state index in [0.717, 1.165) is 37.3 Å². The molecular formula is C22H32N4O2. The number of nitrogens with zero attached hydrogens (tertiary/aromatic N) is 1. The molecule has 4 rings (SSSR count). The van der Waals surface area contributed by atoms with Gasteiger partial charge in [0.1, 0.15) is 6.04 Å². The van der Waals surface area contributed by atoms with Crippen LogP contribution in [-0.2, 0) is 9.59 Å². The molecule has 0 aliphatic carbocycles. The summed E-state index contributed by atoms with van der Waals surface area (Å²) in [4.78, 5) is 27.3. The Balaban J connectivity index is 1.26. The zero-order chi connectivity index (χ0) is 19.5. The molecule has 0 spiro atoms. The van der Waals surface area contributed by atoms with E-state index in [1.54, 1.807) is 6.92 Å². The van der Waals surface area contributed by atoms with Crippen LogP contribution in [0.4, 0.5) is 11.4 Å². The maximum Gasteiger partial charge on any atom is 0.246 e. The van der Waals surface area contributed by atoms with Gasteiger partial charge < -0.3 is 20.9 Å². The Bertz CT molecular complexity index is 704. The second-order valence-electron chi connectivity index (χ2n) is 8.70. The predicted molar refractivity (Wildman–Crippen MR) is 111 cm³/mol. The molecule has 2 bridgehead atoms. The van der Waals surface area contributed by atoms with Crippen molar-refractivity contribution < 1.29 is 9.59 Å². The fourth-order valence-corrected chi connectivity index (χ4v) is 4.98. The number of carbonyl (C=O) groups excluding carboxylic acids is 2. The van der Waals surface area contributed by atoms with Crippen LogP contribution in [0.2, 0.25) is 0 Å². The van der Waals surface area contributed by atoms with Gasteiger partial charge in [-0.3, -0.25) is 9.59 Å². The summed E-state index contributed by atoms with van der Waals surface area (Å²) in [5.41, 5.74) is 1.93. The number of fused-ring (bicyclic) bond motifs is 2. The van der Waals surface area contributed by atoms with E-state index in [1.807, 2.05) is 18.2 Å². The van der Waals surface area contributed by atoms with Gasteiger partial charge in [0, 0.05) is 43.0 Å². The summed E-state index contributed by atoms with van der Waals surface area (Å²) in [7, 11) is 0. The zero-order valence-electron chi connectivity index (χ0n) is 16.7. The molecule has 3 heterocycles. The Hall–Kier alpha value is -2.08. The summed E-state index contributed by atoms with van der Waals surface area (Å²) in [5.74, 6) is 0.253. The Labute approximate surface area is 167 Å². The van der Waals surface area contributed by atoms with Crippen LogP contribution in [0.15, 0.2) is 24.3 Å². The normalized spacial score (nSPS) is 27.5. The minimum absolute atomic E-state index is 0.0141. The molecule has 0 radical (unpaired) electrons. The van der Waals surface area contributed by atoms with Crippen LogP contribution in [0.3, 0.4) is 0 Å². The molecule has 0 saturated carbocycles. The maximum absolute atomic E-state index is 12.5. The summed E-state index contributed by atoms with van der Waals surface area (Å²) >= 11 is 0. The Morgan fingerprint density at radius 3 is 2.61 bits per heavy atom. The first-order valence-corrected chi connectivity index (χ1v) is 10.8. The van der Waals surface area contributed by atoms with Crippen molar-refractivity contribution in [3.63, 3.8) is 0 Å². The highest BCUT2D eigenvalue weighted by Crippen LogP contribution is 2.32. The van der Waals surface area contributed by atoms with Gasteiger partial charge in [0.15, 0.2) is 0 Å². The highest BCUT2D eigenvalue weighted by atomic mass is 16.2. The molecule has 3 aliphatic heterocycles. The minimum Gasteiger partial charge on any atom is -0.371 e. The van der Waals surface area contributed by atoms with Crippen molar-refractivity contribution >= 4 is 23.2 Å². The van der Waals surface area contributed by atoms with Gasteiger partial charge in [0.2, 0.25) is 11.8 Å². The summed E-state index contributed by atoms with van der Waals surface area (Å²) in [6, 6.07) is 8.59. The minimum atomic E-state index is -0.540. The monoisotopic (exact) mass is 384 g/mol. The van der Waals surface area contributed by atoms with Crippen LogP contribution in [0.25, 0.3) is 0 Å². The lowest BCUT2D eigenvalue weighted by atomic mass is 9.89. The van der Waals surface area contributed by atoms with Crippen LogP contribution in [0.1, 0.15) is 51.9 Å². The SMILES string of the molecule is CC(NC(=O)CC1CC2CCC(C1)N2)C(=O)Nc1cccc(N2CCCC2)c1. The topological polar surface area (TPSA) is 73.5 Å². The van der Waals surface area contributed by atoms with Gasteiger partial charge in [0.25, 0.3) is 0 Å². The molecule has 3 aliphatic rings. The molecule has 28 heavy (non-hydrogen) atoms. The number of anilines is 2. The van der Waals surface area contributed by atoms with E-state index in [-0.39, 0.29) is 11.8 Å². The lowest BCUT2D eigenvalue weighted by molar-refractivity contribution is -0.127. The predicted octanol–water partition coefficient (Wildman–Crippen LogP) is 2.65. The highest BCUT2D eigenvalue weighted by molar-refractivity contribution is 5.97. The van der Waals surface area contributed by atoms with Crippen molar-refractivity contribution in [1.29, 1.82) is 0 Å². The molecule has 6 nitrogen and oxygen atoms in total. The number of rotatable bonds is 6. The van der Waals surface area contributed by atoms with Gasteiger partial charge in [0.05, 0.1) is 0 Å². The number of benzene rings is 1. The quantitative estimate of drug-likeness (QED) is 0.705. The summed E-state index contributed by atoms with van der Waals surface area (Å²) < 4.78 is 0. The molecule has 152 valence electrons. The van der Waals surface area contributed by atoms with E-state index < -0.39 is 6.04 Å². The van der Waals surface area contributed by atoms with Gasteiger partial charge >= 0.3 is 0 Å². The average Bonchev–Trinajstić information content (AvgIpc) is 3.31. The molecule has 3 unspecified atom stereocenters. The van der Waals surface area contributed by atoms with Crippen molar-refractivity contribution in [1.82, 2.24) is 10.6 Å². The largest absolute Gasteiger partial charge is 0.371 e. The van der Waals surface area contributed by atoms with Crippen molar-refractivity contribution in [2.24, 2.45) is 5.92 Å². The van der Waals surface area contributed by atoms with Crippen molar-refractivity contribution in [2.45, 2.75) is 70.0 Å². The van der Waals surface area contributed by atoms with E-state index in [4.69, 9.17) is 0 Å². The first-order valence-electron chi connectivity index (χ1n) is 10.8. The second-order valence-corrected chi connectivity index (χ2v) is 8.70. The van der Waals surface area contributed by atoms with Crippen molar-refractivity contribution in [3.8, 4) is 0 Å². The van der Waals surface area contributed by atoms with Crippen LogP contribution in [-0.4, -0.2) is 43.0 Å². The summed E-state index contributed by atoms with van der Waals surface area (Å²) in [6.45, 7) is 3.90. The van der Waals surface area contributed by atoms with E-state index in [9.17, 15) is 9.59 Å². The number of carbonyl (C=O) groups is 2. The summed E-state index contributed by atoms with van der Waals surface area (Å²) in [5, 5.41) is 9.44. The van der Waals surface area contributed by atoms with Crippen molar-refractivity contribution in [2.75, 3.05) is 23.3 Å². The zero-order valence-corrected chi connectivity index (χ0v) is 16.7. The van der Waals surface area contributed by atoms with Crippen LogP contribution in [0.5, 0.6) is 0 Å². The molecule has 2 amide bonds. The third kappa shape index (κ3) is 4.66. The van der Waals surface area contributed by atoms with Crippen LogP contribution < -0.4 is 20.9 Å². The van der Waals surface area contributed by atoms with Gasteiger partial charge in [-0.1, -0.05) is 6.07 Å². The number of piperidine rings is 1. The fourth-order valence-electron chi connectivity index (χ4n) is 4.98. The third-order valence-electron chi connectivity index (χ3n) is 6.40. The molecule has 3 atom stereocenters. The number of amides is 2. The first kappa shape index (κ1) is 19.2. The van der Waals surface area contributed by atoms with Crippen LogP contribution in [0, 0.1) is 5.92 Å². The third-order valence-corrected chi connectivity index (χ3v) is 6.40. The van der Waals surface area contributed by atoms with Gasteiger partial charge in [-0.25, -0.2) is 0 Å². The average molecular weight is 385 g/mol. The molecular weight excluding hydrogens is 352 g/mol. The van der Waals surface area contributed by atoms with E-state index in [0.29, 0.717) is 24.4 Å². The van der Waals surface area contributed by atoms with E-state index in [1.165, 1.54) is 25.7 Å². The Kier molecular flexibility index (Phi) is 5.85. The van der Waals surface area contributed by atoms with Gasteiger partial charge in [-0.2, -0.15) is 0 Å². The molecule has 6 heteroatoms. The Morgan fingerprint density at radius 2 is 1.89 bits per heavy atom. The van der Waals surface area contributed by atoms with Crippen LogP contribution >= 0.6 is 0 Å². The van der Waals surface area contributed by atoms with Gasteiger partial charge in [-0.15, -0.1) is 0 Å². The fraction of sp³-hybridized carbons (Fsp3) is 0.636. The van der Waals surface area contributed by atoms with Gasteiger partial charge in [-0.05, 0) is 69.6 Å². The van der Waals surface area contributed by atoms with E-state index in [2.05, 4.69) is 26.9 Å². The lowest BCUT2D eigenvalue weighted by Gasteiger charge is -2.29. The highest BCUT2D eigenvalue weighted by Gasteiger charge is 2.34. The number of nitrogens with one attached hydrogen (secondary N) is 3. The Morgan fingerprint density at radius 1 is 1.18 bits per heavy atom. The molecule has 1 aromatic rings. The molecule has 3 N–H and O–H groups in total. The lowest BCUT2D eigenvalue weighted by Crippen LogP contribution is -2.44. The standard InChI is InChI=1S/C22H32N4O2/c1-15(23-21(27)13-16-11-18-7-8-19(12-16)24-18)22(28)25-17-5-4-6-20(14-17)26-9-2-3-10-26/h4-6,14-16,18-19,24H,2-3,7-13H2,1H3,(H,23,27)(H,25,28). The molecule has 0 aromatic heterocycles. The second kappa shape index (κ2) is 8.52. The smallest absolute Gasteiger partial charge is 0.246 e. The molecule has 1 aromatic carbocycles.